The summed E-state index contributed by atoms with van der Waals surface area (Å²) < 4.78 is 12.6. The van der Waals surface area contributed by atoms with Crippen LogP contribution in [0.5, 0.6) is 5.75 Å². The summed E-state index contributed by atoms with van der Waals surface area (Å²) in [6.07, 6.45) is -0.574. The second-order valence-corrected chi connectivity index (χ2v) is 7.90. The van der Waals surface area contributed by atoms with Gasteiger partial charge >= 0.3 is 0 Å². The quantitative estimate of drug-likeness (QED) is 0.659. The average Bonchev–Trinajstić information content (AvgIpc) is 2.61. The van der Waals surface area contributed by atoms with E-state index in [-0.39, 0.29) is 25.1 Å². The molecule has 2 aromatic rings. The largest absolute Gasteiger partial charge is 0.489 e. The smallest absolute Gasteiger partial charge is 0.138 e. The van der Waals surface area contributed by atoms with E-state index in [1.165, 1.54) is 0 Å². The van der Waals surface area contributed by atoms with Crippen molar-refractivity contribution in [1.29, 1.82) is 0 Å². The zero-order chi connectivity index (χ0) is 18.5. The zero-order valence-corrected chi connectivity index (χ0v) is 18.3. The summed E-state index contributed by atoms with van der Waals surface area (Å²) in [7, 11) is 0. The van der Waals surface area contributed by atoms with Gasteiger partial charge in [-0.1, -0.05) is 45.7 Å². The molecule has 0 saturated carbocycles. The van der Waals surface area contributed by atoms with Gasteiger partial charge in [-0.25, -0.2) is 0 Å². The van der Waals surface area contributed by atoms with Crippen LogP contribution in [0.4, 0.5) is 0 Å². The summed E-state index contributed by atoms with van der Waals surface area (Å²) in [5.74, 6) is 0.602. The number of β-amino-alcohol motifs (C(OH)–C–C–N with tert-alkyl or cyclic N) is 1. The number of morpholine rings is 1. The predicted octanol–water partition coefficient (Wildman–Crippen LogP) is 4.65. The molecule has 1 aliphatic heterocycles. The second-order valence-electron chi connectivity index (χ2n) is 6.57. The van der Waals surface area contributed by atoms with Crippen molar-refractivity contribution in [2.24, 2.45) is 0 Å². The van der Waals surface area contributed by atoms with Gasteiger partial charge in [-0.3, -0.25) is 4.90 Å². The van der Waals surface area contributed by atoms with E-state index in [9.17, 15) is 5.11 Å². The SMILES string of the molecule is Cc1ccc(OCC(O)CN2CCOC(c3cccc(Br)c3)C2)c(Cl)c1.Cl. The number of benzene rings is 2. The van der Waals surface area contributed by atoms with E-state index in [0.717, 1.165) is 28.7 Å². The molecule has 0 aromatic heterocycles. The van der Waals surface area contributed by atoms with Crippen LogP contribution in [0.2, 0.25) is 5.02 Å². The summed E-state index contributed by atoms with van der Waals surface area (Å²) in [6, 6.07) is 13.8. The first-order valence-corrected chi connectivity index (χ1v) is 9.85. The molecule has 1 aliphatic rings. The van der Waals surface area contributed by atoms with E-state index < -0.39 is 6.10 Å². The molecule has 4 nitrogen and oxygen atoms in total. The molecule has 0 spiro atoms. The molecule has 0 bridgehead atoms. The van der Waals surface area contributed by atoms with Crippen LogP contribution < -0.4 is 4.74 Å². The van der Waals surface area contributed by atoms with Gasteiger partial charge in [0.05, 0.1) is 17.7 Å². The Balaban J connectivity index is 0.00000261. The predicted molar refractivity (Wildman–Crippen MR) is 114 cm³/mol. The van der Waals surface area contributed by atoms with E-state index in [1.807, 2.05) is 37.3 Å². The monoisotopic (exact) mass is 475 g/mol. The van der Waals surface area contributed by atoms with Crippen LogP contribution in [0.3, 0.4) is 0 Å². The maximum absolute atomic E-state index is 10.4. The van der Waals surface area contributed by atoms with Crippen LogP contribution in [0, 0.1) is 6.92 Å². The van der Waals surface area contributed by atoms with Gasteiger partial charge in [0, 0.05) is 24.1 Å². The number of aliphatic hydroxyl groups is 1. The number of ether oxygens (including phenoxy) is 2. The third kappa shape index (κ3) is 6.63. The molecule has 3 rings (SSSR count). The lowest BCUT2D eigenvalue weighted by Crippen LogP contribution is -2.43. The molecule has 7 heteroatoms. The summed E-state index contributed by atoms with van der Waals surface area (Å²) in [4.78, 5) is 2.21. The zero-order valence-electron chi connectivity index (χ0n) is 15.1. The van der Waals surface area contributed by atoms with Crippen LogP contribution in [-0.2, 0) is 4.74 Å². The first-order chi connectivity index (χ1) is 12.5. The number of aryl methyl sites for hydroxylation is 1. The Morgan fingerprint density at radius 1 is 1.33 bits per heavy atom. The van der Waals surface area contributed by atoms with Gasteiger partial charge in [0.15, 0.2) is 0 Å². The van der Waals surface area contributed by atoms with Gasteiger partial charge in [0.25, 0.3) is 0 Å². The number of hydrogen-bond acceptors (Lipinski definition) is 4. The van der Waals surface area contributed by atoms with E-state index >= 15 is 0 Å². The molecule has 0 amide bonds. The Kier molecular flexibility index (Phi) is 8.86. The lowest BCUT2D eigenvalue weighted by atomic mass is 10.1. The van der Waals surface area contributed by atoms with E-state index in [0.29, 0.717) is 23.9 Å². The molecule has 1 fully saturated rings. The van der Waals surface area contributed by atoms with Gasteiger partial charge in [0.2, 0.25) is 0 Å². The molecular weight excluding hydrogens is 453 g/mol. The normalized spacial score (nSPS) is 18.6. The molecule has 2 aromatic carbocycles. The van der Waals surface area contributed by atoms with Crippen molar-refractivity contribution in [3.8, 4) is 5.75 Å². The van der Waals surface area contributed by atoms with Gasteiger partial charge in [0.1, 0.15) is 18.5 Å². The molecule has 27 heavy (non-hydrogen) atoms. The van der Waals surface area contributed by atoms with Crippen LogP contribution >= 0.6 is 39.9 Å². The molecule has 0 radical (unpaired) electrons. The fraction of sp³-hybridized carbons (Fsp3) is 0.400. The lowest BCUT2D eigenvalue weighted by Gasteiger charge is -2.34. The van der Waals surface area contributed by atoms with Crippen molar-refractivity contribution in [2.45, 2.75) is 19.1 Å². The lowest BCUT2D eigenvalue weighted by molar-refractivity contribution is -0.0459. The molecule has 1 heterocycles. The minimum Gasteiger partial charge on any atom is -0.489 e. The van der Waals surface area contributed by atoms with Crippen molar-refractivity contribution in [2.75, 3.05) is 32.8 Å². The number of aliphatic hydroxyl groups excluding tert-OH is 1. The summed E-state index contributed by atoms with van der Waals surface area (Å²) in [5, 5.41) is 10.9. The Morgan fingerprint density at radius 3 is 2.89 bits per heavy atom. The topological polar surface area (TPSA) is 41.9 Å². The first kappa shape index (κ1) is 22.5. The minimum absolute atomic E-state index is 0. The first-order valence-electron chi connectivity index (χ1n) is 8.67. The molecule has 1 saturated heterocycles. The van der Waals surface area contributed by atoms with Crippen LogP contribution in [0.15, 0.2) is 46.9 Å². The summed E-state index contributed by atoms with van der Waals surface area (Å²) >= 11 is 9.67. The van der Waals surface area contributed by atoms with Crippen LogP contribution in [0.1, 0.15) is 17.2 Å². The van der Waals surface area contributed by atoms with Gasteiger partial charge < -0.3 is 14.6 Å². The Labute approximate surface area is 180 Å². The highest BCUT2D eigenvalue weighted by atomic mass is 79.9. The Hall–Kier alpha value is -0.820. The second kappa shape index (κ2) is 10.6. The maximum Gasteiger partial charge on any atom is 0.138 e. The Morgan fingerprint density at radius 2 is 2.15 bits per heavy atom. The maximum atomic E-state index is 10.4. The third-order valence-electron chi connectivity index (χ3n) is 4.36. The number of nitrogens with zero attached hydrogens (tertiary/aromatic N) is 1. The van der Waals surface area contributed by atoms with Crippen molar-refractivity contribution in [3.63, 3.8) is 0 Å². The molecule has 1 N–H and O–H groups in total. The van der Waals surface area contributed by atoms with Crippen molar-refractivity contribution in [1.82, 2.24) is 4.90 Å². The van der Waals surface area contributed by atoms with Gasteiger partial charge in [-0.15, -0.1) is 12.4 Å². The van der Waals surface area contributed by atoms with E-state index in [2.05, 4.69) is 33.0 Å². The number of hydrogen-bond donors (Lipinski definition) is 1. The van der Waals surface area contributed by atoms with Gasteiger partial charge in [-0.05, 0) is 42.3 Å². The minimum atomic E-state index is -0.589. The molecule has 0 aliphatic carbocycles. The highest BCUT2D eigenvalue weighted by molar-refractivity contribution is 9.10. The standard InChI is InChI=1S/C20H23BrClNO3.ClH/c1-14-5-6-19(18(22)9-14)26-13-17(24)11-23-7-8-25-20(12-23)15-3-2-4-16(21)10-15;/h2-6,9-10,17,20,24H,7-8,11-13H2,1H3;1H. The molecule has 2 atom stereocenters. The summed E-state index contributed by atoms with van der Waals surface area (Å²) in [6.45, 7) is 4.92. The highest BCUT2D eigenvalue weighted by Crippen LogP contribution is 2.26. The van der Waals surface area contributed by atoms with Crippen molar-refractivity contribution in [3.05, 3.63) is 63.1 Å². The average molecular weight is 477 g/mol. The fourth-order valence-corrected chi connectivity index (χ4v) is 3.74. The number of rotatable bonds is 6. The van der Waals surface area contributed by atoms with E-state index in [1.54, 1.807) is 0 Å². The van der Waals surface area contributed by atoms with Crippen LogP contribution in [-0.4, -0.2) is 49.0 Å². The molecule has 148 valence electrons. The Bertz CT molecular complexity index is 747. The van der Waals surface area contributed by atoms with Crippen LogP contribution in [0.25, 0.3) is 0 Å². The molecular formula is C20H24BrCl2NO3. The van der Waals surface area contributed by atoms with Crippen molar-refractivity contribution < 1.29 is 14.6 Å². The number of halogens is 3. The fourth-order valence-electron chi connectivity index (χ4n) is 3.04. The van der Waals surface area contributed by atoms with E-state index in [4.69, 9.17) is 21.1 Å². The van der Waals surface area contributed by atoms with Gasteiger partial charge in [-0.2, -0.15) is 0 Å². The van der Waals surface area contributed by atoms with Crippen molar-refractivity contribution >= 4 is 39.9 Å². The third-order valence-corrected chi connectivity index (χ3v) is 5.15. The molecule has 2 unspecified atom stereocenters. The highest BCUT2D eigenvalue weighted by Gasteiger charge is 2.24. The summed E-state index contributed by atoms with van der Waals surface area (Å²) in [5.41, 5.74) is 2.22.